The molecule has 1 unspecified atom stereocenters. The molecule has 2 aromatic rings. The van der Waals surface area contributed by atoms with Crippen LogP contribution in [0.1, 0.15) is 29.3 Å². The van der Waals surface area contributed by atoms with Crippen LogP contribution in [0.25, 0.3) is 0 Å². The number of aromatic nitrogens is 4. The number of nitrogens with zero attached hydrogens (tertiary/aromatic N) is 5. The maximum Gasteiger partial charge on any atom is 0.134 e. The molecule has 0 aromatic carbocycles. The topological polar surface area (TPSA) is 67.1 Å². The molecule has 110 valence electrons. The van der Waals surface area contributed by atoms with Crippen LogP contribution in [0, 0.1) is 0 Å². The van der Waals surface area contributed by atoms with Crippen molar-refractivity contribution in [3.05, 3.63) is 26.9 Å². The molecule has 0 saturated heterocycles. The molecule has 6 nitrogen and oxygen atoms in total. The molecule has 2 heterocycles. The molecule has 20 heavy (non-hydrogen) atoms. The Labute approximate surface area is 130 Å². The lowest BCUT2D eigenvalue weighted by molar-refractivity contribution is 0.207. The van der Waals surface area contributed by atoms with Crippen molar-refractivity contribution in [2.45, 2.75) is 26.0 Å². The van der Waals surface area contributed by atoms with E-state index in [9.17, 15) is 5.11 Å². The first-order chi connectivity index (χ1) is 9.54. The summed E-state index contributed by atoms with van der Waals surface area (Å²) in [5, 5.41) is 19.0. The molecule has 0 aliphatic heterocycles. The zero-order valence-electron chi connectivity index (χ0n) is 11.7. The first-order valence-electron chi connectivity index (χ1n) is 6.39. The van der Waals surface area contributed by atoms with Crippen molar-refractivity contribution in [2.24, 2.45) is 0 Å². The fraction of sp³-hybridized carbons (Fsp3) is 0.583. The van der Waals surface area contributed by atoms with Gasteiger partial charge in [0, 0.05) is 6.54 Å². The Balaban J connectivity index is 2.29. The first kappa shape index (κ1) is 15.6. The lowest BCUT2D eigenvalue weighted by Gasteiger charge is -2.15. The third-order valence-corrected chi connectivity index (χ3v) is 4.45. The van der Waals surface area contributed by atoms with E-state index in [1.165, 1.54) is 11.5 Å². The number of aliphatic hydroxyl groups excluding tert-OH is 1. The molecule has 0 fully saturated rings. The minimum Gasteiger partial charge on any atom is -0.381 e. The molecular formula is C12H18BrN5OS. The van der Waals surface area contributed by atoms with E-state index in [0.717, 1.165) is 40.2 Å². The zero-order chi connectivity index (χ0) is 14.7. The second-order valence-corrected chi connectivity index (χ2v) is 6.38. The van der Waals surface area contributed by atoms with E-state index in [-0.39, 0.29) is 0 Å². The smallest absolute Gasteiger partial charge is 0.134 e. The van der Waals surface area contributed by atoms with Crippen LogP contribution < -0.4 is 0 Å². The van der Waals surface area contributed by atoms with E-state index in [4.69, 9.17) is 0 Å². The molecule has 8 heteroatoms. The van der Waals surface area contributed by atoms with Gasteiger partial charge in [0.25, 0.3) is 0 Å². The van der Waals surface area contributed by atoms with E-state index in [0.29, 0.717) is 0 Å². The van der Waals surface area contributed by atoms with Gasteiger partial charge in [-0.1, -0.05) is 11.4 Å². The SMILES string of the molecule is CCc1nnsc1C(O)c1c(Br)cnn1CCN(C)C. The largest absolute Gasteiger partial charge is 0.381 e. The molecule has 1 atom stereocenters. The maximum absolute atomic E-state index is 10.6. The summed E-state index contributed by atoms with van der Waals surface area (Å²) >= 11 is 4.70. The minimum absolute atomic E-state index is 0.721. The molecule has 2 rings (SSSR count). The highest BCUT2D eigenvalue weighted by Gasteiger charge is 2.24. The van der Waals surface area contributed by atoms with Gasteiger partial charge in [-0.15, -0.1) is 5.10 Å². The van der Waals surface area contributed by atoms with Gasteiger partial charge in [-0.2, -0.15) is 5.10 Å². The number of aryl methyl sites for hydroxylation is 1. The van der Waals surface area contributed by atoms with Crippen molar-refractivity contribution in [3.8, 4) is 0 Å². The Morgan fingerprint density at radius 2 is 2.25 bits per heavy atom. The van der Waals surface area contributed by atoms with Crippen LogP contribution in [-0.4, -0.2) is 50.0 Å². The summed E-state index contributed by atoms with van der Waals surface area (Å²) in [5.41, 5.74) is 1.60. The Bertz CT molecular complexity index is 568. The third kappa shape index (κ3) is 3.25. The zero-order valence-corrected chi connectivity index (χ0v) is 14.1. The van der Waals surface area contributed by atoms with Gasteiger partial charge in [-0.25, -0.2) is 0 Å². The van der Waals surface area contributed by atoms with Crippen LogP contribution in [0.15, 0.2) is 10.7 Å². The average Bonchev–Trinajstić information content (AvgIpc) is 3.01. The number of rotatable bonds is 6. The minimum atomic E-state index is -0.746. The molecular weight excluding hydrogens is 342 g/mol. The highest BCUT2D eigenvalue weighted by molar-refractivity contribution is 9.10. The number of aliphatic hydroxyl groups is 1. The lowest BCUT2D eigenvalue weighted by Crippen LogP contribution is -2.21. The van der Waals surface area contributed by atoms with Crippen molar-refractivity contribution in [2.75, 3.05) is 20.6 Å². The predicted molar refractivity (Wildman–Crippen MR) is 81.8 cm³/mol. The summed E-state index contributed by atoms with van der Waals surface area (Å²) < 4.78 is 6.57. The molecule has 0 aliphatic carbocycles. The Morgan fingerprint density at radius 3 is 2.90 bits per heavy atom. The Hall–Kier alpha value is -0.830. The van der Waals surface area contributed by atoms with E-state index >= 15 is 0 Å². The van der Waals surface area contributed by atoms with Crippen molar-refractivity contribution in [1.82, 2.24) is 24.3 Å². The van der Waals surface area contributed by atoms with Crippen molar-refractivity contribution >= 4 is 27.5 Å². The fourth-order valence-corrected chi connectivity index (χ4v) is 3.15. The molecule has 0 spiro atoms. The summed E-state index contributed by atoms with van der Waals surface area (Å²) in [6.07, 6.45) is 1.73. The van der Waals surface area contributed by atoms with Gasteiger partial charge < -0.3 is 10.0 Å². The molecule has 0 amide bonds. The van der Waals surface area contributed by atoms with Crippen molar-refractivity contribution < 1.29 is 5.11 Å². The number of hydrogen-bond acceptors (Lipinski definition) is 6. The Kier molecular flexibility index (Phi) is 5.25. The molecule has 0 radical (unpaired) electrons. The molecule has 2 aromatic heterocycles. The van der Waals surface area contributed by atoms with Crippen LogP contribution in [0.3, 0.4) is 0 Å². The van der Waals surface area contributed by atoms with Crippen molar-refractivity contribution in [1.29, 1.82) is 0 Å². The number of hydrogen-bond donors (Lipinski definition) is 1. The highest BCUT2D eigenvalue weighted by Crippen LogP contribution is 2.31. The number of halogens is 1. The van der Waals surface area contributed by atoms with Crippen molar-refractivity contribution in [3.63, 3.8) is 0 Å². The second-order valence-electron chi connectivity index (χ2n) is 4.74. The van der Waals surface area contributed by atoms with Gasteiger partial charge in [-0.05, 0) is 48.0 Å². The Morgan fingerprint density at radius 1 is 1.50 bits per heavy atom. The van der Waals surface area contributed by atoms with Crippen LogP contribution in [-0.2, 0) is 13.0 Å². The summed E-state index contributed by atoms with van der Waals surface area (Å²) in [6.45, 7) is 3.58. The fourth-order valence-electron chi connectivity index (χ4n) is 1.91. The van der Waals surface area contributed by atoms with Gasteiger partial charge in [0.15, 0.2) is 0 Å². The van der Waals surface area contributed by atoms with Crippen LogP contribution >= 0.6 is 27.5 Å². The van der Waals surface area contributed by atoms with E-state index in [2.05, 4.69) is 35.5 Å². The monoisotopic (exact) mass is 359 g/mol. The normalized spacial score (nSPS) is 13.1. The molecule has 1 N–H and O–H groups in total. The van der Waals surface area contributed by atoms with Crippen LogP contribution in [0.2, 0.25) is 0 Å². The van der Waals surface area contributed by atoms with Crippen LogP contribution in [0.5, 0.6) is 0 Å². The summed E-state index contributed by atoms with van der Waals surface area (Å²) in [5.74, 6) is 0. The molecule has 0 bridgehead atoms. The van der Waals surface area contributed by atoms with Gasteiger partial charge in [0.1, 0.15) is 6.10 Å². The quantitative estimate of drug-likeness (QED) is 0.850. The maximum atomic E-state index is 10.6. The van der Waals surface area contributed by atoms with E-state index in [1.54, 1.807) is 6.20 Å². The third-order valence-electron chi connectivity index (χ3n) is 3.02. The molecule has 0 saturated carbocycles. The van der Waals surface area contributed by atoms with Gasteiger partial charge in [0.2, 0.25) is 0 Å². The average molecular weight is 360 g/mol. The van der Waals surface area contributed by atoms with E-state index < -0.39 is 6.10 Å². The summed E-state index contributed by atoms with van der Waals surface area (Å²) in [7, 11) is 4.02. The highest BCUT2D eigenvalue weighted by atomic mass is 79.9. The standard InChI is InChI=1S/C12H18BrN5OS/c1-4-9-12(20-16-15-9)11(19)10-8(13)7-14-18(10)6-5-17(2)3/h7,11,19H,4-6H2,1-3H3. The van der Waals surface area contributed by atoms with E-state index in [1.807, 2.05) is 25.7 Å². The second kappa shape index (κ2) is 6.75. The lowest BCUT2D eigenvalue weighted by atomic mass is 10.1. The van der Waals surface area contributed by atoms with Gasteiger partial charge in [-0.3, -0.25) is 4.68 Å². The number of likely N-dealkylation sites (N-methyl/N-ethyl adjacent to an activating group) is 1. The summed E-state index contributed by atoms with van der Waals surface area (Å²) in [6, 6.07) is 0. The van der Waals surface area contributed by atoms with Gasteiger partial charge >= 0.3 is 0 Å². The van der Waals surface area contributed by atoms with Gasteiger partial charge in [0.05, 0.1) is 33.5 Å². The van der Waals surface area contributed by atoms with Crippen LogP contribution in [0.4, 0.5) is 0 Å². The first-order valence-corrected chi connectivity index (χ1v) is 7.96. The molecule has 0 aliphatic rings. The predicted octanol–water partition coefficient (Wildman–Crippen LogP) is 1.70. The summed E-state index contributed by atoms with van der Waals surface area (Å²) in [4.78, 5) is 2.87.